The molecular weight excluding hydrogens is 334 g/mol. The highest BCUT2D eigenvalue weighted by molar-refractivity contribution is 7.89. The summed E-state index contributed by atoms with van der Waals surface area (Å²) in [6.07, 6.45) is 1.48. The maximum absolute atomic E-state index is 12.5. The Hall–Kier alpha value is -2.65. The molecule has 0 saturated carbocycles. The van der Waals surface area contributed by atoms with Crippen molar-refractivity contribution in [3.05, 3.63) is 48.2 Å². The Bertz CT molecular complexity index is 932. The van der Waals surface area contributed by atoms with Crippen molar-refractivity contribution in [2.75, 3.05) is 7.11 Å². The maximum atomic E-state index is 12.5. The lowest BCUT2D eigenvalue weighted by Gasteiger charge is -2.09. The molecule has 1 aromatic carbocycles. The maximum Gasteiger partial charge on any atom is 0.241 e. The number of hydrogen-bond donors (Lipinski definition) is 1. The van der Waals surface area contributed by atoms with Gasteiger partial charge in [-0.3, -0.25) is 0 Å². The van der Waals surface area contributed by atoms with Crippen LogP contribution in [0.3, 0.4) is 0 Å². The quantitative estimate of drug-likeness (QED) is 0.726. The van der Waals surface area contributed by atoms with Gasteiger partial charge in [-0.05, 0) is 30.3 Å². The molecule has 9 heteroatoms. The van der Waals surface area contributed by atoms with Crippen LogP contribution in [0.1, 0.15) is 11.7 Å². The number of nitrogens with one attached hydrogen (secondary N) is 1. The topological polar surface area (TPSA) is 107 Å². The van der Waals surface area contributed by atoms with Crippen LogP contribution in [0.2, 0.25) is 0 Å². The van der Waals surface area contributed by atoms with E-state index in [1.165, 1.54) is 25.5 Å². The zero-order valence-corrected chi connectivity index (χ0v) is 13.8. The molecule has 8 nitrogen and oxygen atoms in total. The predicted octanol–water partition coefficient (Wildman–Crippen LogP) is 2.13. The second-order valence-electron chi connectivity index (χ2n) is 4.90. The van der Waals surface area contributed by atoms with Gasteiger partial charge in [-0.25, -0.2) is 13.1 Å². The van der Waals surface area contributed by atoms with Gasteiger partial charge < -0.3 is 13.7 Å². The standard InChI is InChI=1S/C15H15N3O5S/c1-10-17-15(18-23-10)13-8-12(5-6-14(13)21-2)24(19,20)16-9-11-4-3-7-22-11/h3-8,16H,9H2,1-2H3. The summed E-state index contributed by atoms with van der Waals surface area (Å²) in [6.45, 7) is 1.70. The van der Waals surface area contributed by atoms with Crippen molar-refractivity contribution < 1.29 is 22.1 Å². The predicted molar refractivity (Wildman–Crippen MR) is 83.8 cm³/mol. The summed E-state index contributed by atoms with van der Waals surface area (Å²) in [6, 6.07) is 7.80. The first-order chi connectivity index (χ1) is 11.5. The van der Waals surface area contributed by atoms with Crippen molar-refractivity contribution in [3.63, 3.8) is 0 Å². The van der Waals surface area contributed by atoms with E-state index in [-0.39, 0.29) is 17.3 Å². The fourth-order valence-electron chi connectivity index (χ4n) is 2.10. The van der Waals surface area contributed by atoms with E-state index in [4.69, 9.17) is 13.7 Å². The Morgan fingerprint density at radius 1 is 1.29 bits per heavy atom. The summed E-state index contributed by atoms with van der Waals surface area (Å²) in [4.78, 5) is 4.17. The summed E-state index contributed by atoms with van der Waals surface area (Å²) in [5, 5.41) is 3.81. The molecule has 0 radical (unpaired) electrons. The molecule has 0 unspecified atom stereocenters. The first-order valence-corrected chi connectivity index (χ1v) is 8.48. The van der Waals surface area contributed by atoms with Gasteiger partial charge in [-0.2, -0.15) is 4.98 Å². The summed E-state index contributed by atoms with van der Waals surface area (Å²) in [7, 11) is -2.26. The third-order valence-electron chi connectivity index (χ3n) is 3.27. The molecule has 0 spiro atoms. The molecule has 126 valence electrons. The molecule has 0 aliphatic carbocycles. The van der Waals surface area contributed by atoms with Crippen molar-refractivity contribution >= 4 is 10.0 Å². The molecule has 0 bridgehead atoms. The van der Waals surface area contributed by atoms with Gasteiger partial charge >= 0.3 is 0 Å². The number of methoxy groups -OCH3 is 1. The van der Waals surface area contributed by atoms with Crippen LogP contribution in [0.15, 0.2) is 50.4 Å². The third kappa shape index (κ3) is 3.31. The summed E-state index contributed by atoms with van der Waals surface area (Å²) >= 11 is 0. The van der Waals surface area contributed by atoms with Gasteiger partial charge in [-0.15, -0.1) is 0 Å². The van der Waals surface area contributed by atoms with Gasteiger partial charge in [0.05, 0.1) is 30.4 Å². The average molecular weight is 349 g/mol. The highest BCUT2D eigenvalue weighted by atomic mass is 32.2. The van der Waals surface area contributed by atoms with Crippen LogP contribution in [0.25, 0.3) is 11.4 Å². The van der Waals surface area contributed by atoms with E-state index in [0.29, 0.717) is 23.0 Å². The number of nitrogens with zero attached hydrogens (tertiary/aromatic N) is 2. The molecule has 0 aliphatic heterocycles. The minimum atomic E-state index is -3.74. The molecule has 0 amide bonds. The van der Waals surface area contributed by atoms with E-state index < -0.39 is 10.0 Å². The van der Waals surface area contributed by atoms with Gasteiger partial charge in [-0.1, -0.05) is 5.16 Å². The minimum Gasteiger partial charge on any atom is -0.496 e. The second-order valence-corrected chi connectivity index (χ2v) is 6.67. The highest BCUT2D eigenvalue weighted by Crippen LogP contribution is 2.30. The molecule has 0 aliphatic rings. The number of aryl methyl sites for hydroxylation is 1. The lowest BCUT2D eigenvalue weighted by molar-refractivity contribution is 0.392. The zero-order chi connectivity index (χ0) is 17.2. The molecule has 0 atom stereocenters. The van der Waals surface area contributed by atoms with Crippen molar-refractivity contribution in [2.45, 2.75) is 18.4 Å². The molecule has 0 fully saturated rings. The molecule has 3 aromatic rings. The summed E-state index contributed by atoms with van der Waals surface area (Å²) in [5.41, 5.74) is 0.426. The van der Waals surface area contributed by atoms with E-state index in [9.17, 15) is 8.42 Å². The largest absolute Gasteiger partial charge is 0.496 e. The fraction of sp³-hybridized carbons (Fsp3) is 0.200. The smallest absolute Gasteiger partial charge is 0.241 e. The van der Waals surface area contributed by atoms with Crippen molar-refractivity contribution in [1.29, 1.82) is 0 Å². The molecule has 3 rings (SSSR count). The average Bonchev–Trinajstić information content (AvgIpc) is 3.24. The van der Waals surface area contributed by atoms with E-state index in [1.54, 1.807) is 25.1 Å². The Kier molecular flexibility index (Phi) is 4.36. The van der Waals surface area contributed by atoms with Crippen molar-refractivity contribution in [3.8, 4) is 17.1 Å². The normalized spacial score (nSPS) is 11.6. The molecule has 24 heavy (non-hydrogen) atoms. The van der Waals surface area contributed by atoms with Gasteiger partial charge in [0.2, 0.25) is 21.7 Å². The van der Waals surface area contributed by atoms with Gasteiger partial charge in [0, 0.05) is 6.92 Å². The lowest BCUT2D eigenvalue weighted by atomic mass is 10.2. The van der Waals surface area contributed by atoms with Crippen molar-refractivity contribution in [2.24, 2.45) is 0 Å². The Morgan fingerprint density at radius 3 is 2.75 bits per heavy atom. The number of aromatic nitrogens is 2. The minimum absolute atomic E-state index is 0.0536. The molecule has 0 saturated heterocycles. The van der Waals surface area contributed by atoms with E-state index in [2.05, 4.69) is 14.9 Å². The number of rotatable bonds is 6. The Labute approximate surface area is 138 Å². The number of ether oxygens (including phenoxy) is 1. The number of hydrogen-bond acceptors (Lipinski definition) is 7. The molecule has 2 aromatic heterocycles. The van der Waals surface area contributed by atoms with Crippen LogP contribution >= 0.6 is 0 Å². The highest BCUT2D eigenvalue weighted by Gasteiger charge is 2.19. The zero-order valence-electron chi connectivity index (χ0n) is 13.0. The number of benzene rings is 1. The van der Waals surface area contributed by atoms with E-state index >= 15 is 0 Å². The fourth-order valence-corrected chi connectivity index (χ4v) is 3.12. The van der Waals surface area contributed by atoms with Crippen LogP contribution < -0.4 is 9.46 Å². The Balaban J connectivity index is 1.93. The van der Waals surface area contributed by atoms with E-state index in [0.717, 1.165) is 0 Å². The molecular formula is C15H15N3O5S. The molecule has 2 heterocycles. The van der Waals surface area contributed by atoms with Gasteiger partial charge in [0.25, 0.3) is 0 Å². The lowest BCUT2D eigenvalue weighted by Crippen LogP contribution is -2.23. The van der Waals surface area contributed by atoms with Gasteiger partial charge in [0.1, 0.15) is 11.5 Å². The van der Waals surface area contributed by atoms with Crippen LogP contribution in [0, 0.1) is 6.92 Å². The first-order valence-electron chi connectivity index (χ1n) is 7.00. The van der Waals surface area contributed by atoms with Crippen LogP contribution in [-0.2, 0) is 16.6 Å². The molecule has 1 N–H and O–H groups in total. The van der Waals surface area contributed by atoms with E-state index in [1.807, 2.05) is 0 Å². The third-order valence-corrected chi connectivity index (χ3v) is 4.67. The van der Waals surface area contributed by atoms with Crippen LogP contribution in [-0.4, -0.2) is 25.7 Å². The number of sulfonamides is 1. The van der Waals surface area contributed by atoms with Crippen LogP contribution in [0.4, 0.5) is 0 Å². The Morgan fingerprint density at radius 2 is 2.12 bits per heavy atom. The SMILES string of the molecule is COc1ccc(S(=O)(=O)NCc2ccco2)cc1-c1noc(C)n1. The van der Waals surface area contributed by atoms with Crippen molar-refractivity contribution in [1.82, 2.24) is 14.9 Å². The van der Waals surface area contributed by atoms with Crippen LogP contribution in [0.5, 0.6) is 5.75 Å². The summed E-state index contributed by atoms with van der Waals surface area (Å²) in [5.74, 6) is 1.59. The number of furan rings is 1. The summed E-state index contributed by atoms with van der Waals surface area (Å²) < 4.78 is 42.7. The monoisotopic (exact) mass is 349 g/mol. The second kappa shape index (κ2) is 6.46. The first kappa shape index (κ1) is 16.2. The van der Waals surface area contributed by atoms with Gasteiger partial charge in [0.15, 0.2) is 0 Å².